The van der Waals surface area contributed by atoms with Crippen molar-refractivity contribution in [3.8, 4) is 0 Å². The number of ether oxygens (including phenoxy) is 1. The first-order valence-corrected chi connectivity index (χ1v) is 7.59. The lowest BCUT2D eigenvalue weighted by atomic mass is 10.1. The molecule has 0 spiro atoms. The topological polar surface area (TPSA) is 43.4 Å². The van der Waals surface area contributed by atoms with Gasteiger partial charge in [0, 0.05) is 30.1 Å². The zero-order chi connectivity index (χ0) is 16.7. The van der Waals surface area contributed by atoms with Crippen LogP contribution < -0.4 is 5.48 Å². The molecule has 2 rings (SSSR count). The predicted molar refractivity (Wildman–Crippen MR) is 88.6 cm³/mol. The minimum absolute atomic E-state index is 0.172. The SMILES string of the molecule is CCOC(C)ONC(=C(Cl)c1cnccc1F)c1ccccc1. The number of halogens is 2. The molecule has 0 aliphatic rings. The van der Waals surface area contributed by atoms with E-state index < -0.39 is 12.1 Å². The molecule has 0 saturated heterocycles. The van der Waals surface area contributed by atoms with E-state index in [4.69, 9.17) is 21.2 Å². The fraction of sp³-hybridized carbons (Fsp3) is 0.235. The third kappa shape index (κ3) is 4.76. The van der Waals surface area contributed by atoms with Crippen molar-refractivity contribution in [3.05, 3.63) is 65.7 Å². The summed E-state index contributed by atoms with van der Waals surface area (Å²) in [5, 5.41) is 0.172. The lowest BCUT2D eigenvalue weighted by molar-refractivity contribution is -0.152. The van der Waals surface area contributed by atoms with Gasteiger partial charge in [0.1, 0.15) is 5.82 Å². The van der Waals surface area contributed by atoms with Crippen molar-refractivity contribution in [1.82, 2.24) is 10.5 Å². The number of rotatable bonds is 7. The van der Waals surface area contributed by atoms with Crippen LogP contribution in [0.25, 0.3) is 10.7 Å². The highest BCUT2D eigenvalue weighted by molar-refractivity contribution is 6.52. The molecule has 4 nitrogen and oxygen atoms in total. The highest BCUT2D eigenvalue weighted by Crippen LogP contribution is 2.29. The molecular formula is C17H18ClFN2O2. The van der Waals surface area contributed by atoms with Crippen molar-refractivity contribution in [2.45, 2.75) is 20.1 Å². The number of hydrogen-bond acceptors (Lipinski definition) is 4. The van der Waals surface area contributed by atoms with Crippen molar-refractivity contribution in [3.63, 3.8) is 0 Å². The van der Waals surface area contributed by atoms with E-state index in [-0.39, 0.29) is 10.6 Å². The van der Waals surface area contributed by atoms with Crippen LogP contribution in [-0.2, 0) is 9.57 Å². The van der Waals surface area contributed by atoms with E-state index in [0.717, 1.165) is 5.56 Å². The van der Waals surface area contributed by atoms with Crippen LogP contribution in [0.1, 0.15) is 25.0 Å². The van der Waals surface area contributed by atoms with Gasteiger partial charge < -0.3 is 4.74 Å². The molecule has 122 valence electrons. The molecule has 0 bridgehead atoms. The van der Waals surface area contributed by atoms with Gasteiger partial charge in [0.15, 0.2) is 6.29 Å². The Bertz CT molecular complexity index is 665. The summed E-state index contributed by atoms with van der Waals surface area (Å²) < 4.78 is 19.3. The molecule has 1 aromatic carbocycles. The quantitative estimate of drug-likeness (QED) is 0.608. The maximum absolute atomic E-state index is 14.0. The Morgan fingerprint density at radius 1 is 1.30 bits per heavy atom. The molecule has 1 N–H and O–H groups in total. The van der Waals surface area contributed by atoms with Gasteiger partial charge in [-0.25, -0.2) is 9.23 Å². The van der Waals surface area contributed by atoms with Crippen LogP contribution >= 0.6 is 11.6 Å². The van der Waals surface area contributed by atoms with E-state index in [0.29, 0.717) is 12.3 Å². The maximum Gasteiger partial charge on any atom is 0.180 e. The first-order chi connectivity index (χ1) is 11.1. The summed E-state index contributed by atoms with van der Waals surface area (Å²) in [7, 11) is 0. The van der Waals surface area contributed by atoms with Crippen molar-refractivity contribution >= 4 is 22.3 Å². The highest BCUT2D eigenvalue weighted by atomic mass is 35.5. The summed E-state index contributed by atoms with van der Waals surface area (Å²) in [4.78, 5) is 9.34. The molecule has 0 radical (unpaired) electrons. The van der Waals surface area contributed by atoms with Gasteiger partial charge in [0.05, 0.1) is 10.7 Å². The summed E-state index contributed by atoms with van der Waals surface area (Å²) in [5.41, 5.74) is 4.15. The van der Waals surface area contributed by atoms with Gasteiger partial charge >= 0.3 is 0 Å². The summed E-state index contributed by atoms with van der Waals surface area (Å²) in [6.45, 7) is 4.13. The average Bonchev–Trinajstić information content (AvgIpc) is 2.56. The molecule has 0 aliphatic heterocycles. The molecule has 1 heterocycles. The monoisotopic (exact) mass is 336 g/mol. The first-order valence-electron chi connectivity index (χ1n) is 7.21. The molecule has 0 saturated carbocycles. The minimum atomic E-state index is -0.484. The van der Waals surface area contributed by atoms with E-state index in [1.165, 1.54) is 18.5 Å². The van der Waals surface area contributed by atoms with E-state index in [1.54, 1.807) is 6.92 Å². The standard InChI is InChI=1S/C17H18ClFN2O2/c1-3-22-12(2)23-21-17(13-7-5-4-6-8-13)16(18)14-11-20-10-9-15(14)19/h4-12,21H,3H2,1-2H3. The van der Waals surface area contributed by atoms with Gasteiger partial charge in [0.25, 0.3) is 0 Å². The molecule has 1 unspecified atom stereocenters. The lowest BCUT2D eigenvalue weighted by Crippen LogP contribution is -2.23. The van der Waals surface area contributed by atoms with Gasteiger partial charge in [-0.15, -0.1) is 0 Å². The predicted octanol–water partition coefficient (Wildman–Crippen LogP) is 4.19. The fourth-order valence-electron chi connectivity index (χ4n) is 1.92. The maximum atomic E-state index is 14.0. The Morgan fingerprint density at radius 2 is 2.04 bits per heavy atom. The van der Waals surface area contributed by atoms with E-state index in [1.807, 2.05) is 37.3 Å². The second-order valence-corrected chi connectivity index (χ2v) is 5.03. The number of hydroxylamine groups is 1. The van der Waals surface area contributed by atoms with Crippen molar-refractivity contribution in [2.75, 3.05) is 6.61 Å². The third-order valence-electron chi connectivity index (χ3n) is 3.01. The number of hydrogen-bond donors (Lipinski definition) is 1. The summed E-state index contributed by atoms with van der Waals surface area (Å²) in [6, 6.07) is 10.5. The Labute approximate surface area is 139 Å². The highest BCUT2D eigenvalue weighted by Gasteiger charge is 2.15. The van der Waals surface area contributed by atoms with Crippen LogP contribution in [0.2, 0.25) is 0 Å². The minimum Gasteiger partial charge on any atom is -0.351 e. The van der Waals surface area contributed by atoms with Crippen LogP contribution in [-0.4, -0.2) is 17.9 Å². The molecule has 0 amide bonds. The van der Waals surface area contributed by atoms with Crippen LogP contribution in [0.5, 0.6) is 0 Å². The Kier molecular flexibility index (Phi) is 6.52. The average molecular weight is 337 g/mol. The number of benzene rings is 1. The Balaban J connectivity index is 2.37. The third-order valence-corrected chi connectivity index (χ3v) is 3.41. The molecular weight excluding hydrogens is 319 g/mol. The summed E-state index contributed by atoms with van der Waals surface area (Å²) in [5.74, 6) is -0.460. The van der Waals surface area contributed by atoms with Gasteiger partial charge in [-0.3, -0.25) is 10.5 Å². The zero-order valence-corrected chi connectivity index (χ0v) is 13.7. The fourth-order valence-corrected chi connectivity index (χ4v) is 2.21. The van der Waals surface area contributed by atoms with Gasteiger partial charge in [-0.2, -0.15) is 0 Å². The van der Waals surface area contributed by atoms with E-state index >= 15 is 0 Å². The Hall–Kier alpha value is -1.95. The van der Waals surface area contributed by atoms with Crippen LogP contribution in [0.3, 0.4) is 0 Å². The molecule has 1 atom stereocenters. The molecule has 0 fully saturated rings. The van der Waals surface area contributed by atoms with E-state index in [2.05, 4.69) is 10.5 Å². The van der Waals surface area contributed by atoms with Gasteiger partial charge in [-0.1, -0.05) is 41.9 Å². The van der Waals surface area contributed by atoms with E-state index in [9.17, 15) is 4.39 Å². The largest absolute Gasteiger partial charge is 0.351 e. The second-order valence-electron chi connectivity index (χ2n) is 4.65. The zero-order valence-electron chi connectivity index (χ0n) is 12.9. The van der Waals surface area contributed by atoms with Gasteiger partial charge in [0.2, 0.25) is 0 Å². The number of nitrogens with one attached hydrogen (secondary N) is 1. The second kappa shape index (κ2) is 8.62. The Morgan fingerprint density at radius 3 is 2.70 bits per heavy atom. The van der Waals surface area contributed by atoms with Crippen LogP contribution in [0, 0.1) is 5.82 Å². The molecule has 2 aromatic rings. The van der Waals surface area contributed by atoms with Crippen LogP contribution in [0.4, 0.5) is 4.39 Å². The van der Waals surface area contributed by atoms with Crippen LogP contribution in [0.15, 0.2) is 48.8 Å². The number of nitrogens with zero attached hydrogens (tertiary/aromatic N) is 1. The molecule has 1 aromatic heterocycles. The molecule has 0 aliphatic carbocycles. The van der Waals surface area contributed by atoms with Crippen molar-refractivity contribution in [1.29, 1.82) is 0 Å². The van der Waals surface area contributed by atoms with Gasteiger partial charge in [-0.05, 0) is 19.9 Å². The lowest BCUT2D eigenvalue weighted by Gasteiger charge is -2.18. The number of pyridine rings is 1. The summed E-state index contributed by atoms with van der Waals surface area (Å²) in [6.07, 6.45) is 2.25. The van der Waals surface area contributed by atoms with Crippen molar-refractivity contribution < 1.29 is 14.0 Å². The number of aromatic nitrogens is 1. The van der Waals surface area contributed by atoms with Crippen molar-refractivity contribution in [2.24, 2.45) is 0 Å². The molecule has 23 heavy (non-hydrogen) atoms. The molecule has 6 heteroatoms. The first kappa shape index (κ1) is 17.4. The summed E-state index contributed by atoms with van der Waals surface area (Å²) >= 11 is 6.39. The smallest absolute Gasteiger partial charge is 0.180 e. The normalized spacial score (nSPS) is 13.4.